The molecule has 0 unspecified atom stereocenters. The zero-order chi connectivity index (χ0) is 13.7. The van der Waals surface area contributed by atoms with Gasteiger partial charge in [-0.2, -0.15) is 0 Å². The van der Waals surface area contributed by atoms with Crippen LogP contribution in [0.3, 0.4) is 0 Å². The highest BCUT2D eigenvalue weighted by molar-refractivity contribution is 5.73. The van der Waals surface area contributed by atoms with Gasteiger partial charge in [0.2, 0.25) is 5.91 Å². The van der Waals surface area contributed by atoms with Gasteiger partial charge in [-0.05, 0) is 30.9 Å². The number of phenolic OH excluding ortho intramolecular Hbond substituents is 1. The first-order valence-corrected chi connectivity index (χ1v) is 6.81. The molecule has 104 valence electrons. The average Bonchev–Trinajstić information content (AvgIpc) is 2.41. The third-order valence-electron chi connectivity index (χ3n) is 3.60. The summed E-state index contributed by atoms with van der Waals surface area (Å²) in [4.78, 5) is 13.1. The van der Waals surface area contributed by atoms with Gasteiger partial charge in [-0.1, -0.05) is 18.2 Å². The second-order valence-corrected chi connectivity index (χ2v) is 4.95. The Hall–Kier alpha value is -1.55. The molecule has 0 bridgehead atoms. The number of phenols is 1. The summed E-state index contributed by atoms with van der Waals surface area (Å²) in [5, 5.41) is 9.64. The van der Waals surface area contributed by atoms with Crippen LogP contribution in [0.25, 0.3) is 0 Å². The smallest absolute Gasteiger partial charge is 0.219 e. The van der Waals surface area contributed by atoms with E-state index in [-0.39, 0.29) is 12.0 Å². The molecule has 0 aliphatic carbocycles. The molecule has 4 nitrogen and oxygen atoms in total. The number of carbonyl (C=O) groups is 1. The van der Waals surface area contributed by atoms with Crippen molar-refractivity contribution >= 4 is 5.91 Å². The number of hydrogen-bond acceptors (Lipinski definition) is 3. The topological polar surface area (TPSA) is 49.8 Å². The molecular weight excluding hydrogens is 242 g/mol. The minimum Gasteiger partial charge on any atom is -0.508 e. The number of hydrogen-bond donors (Lipinski definition) is 1. The highest BCUT2D eigenvalue weighted by Crippen LogP contribution is 2.18. The van der Waals surface area contributed by atoms with Crippen LogP contribution in [0.2, 0.25) is 0 Å². The average molecular weight is 263 g/mol. The van der Waals surface area contributed by atoms with Crippen molar-refractivity contribution in [3.63, 3.8) is 0 Å². The van der Waals surface area contributed by atoms with Crippen LogP contribution < -0.4 is 0 Å². The number of carbonyl (C=O) groups excluding carboxylic acids is 1. The molecule has 1 fully saturated rings. The van der Waals surface area contributed by atoms with Crippen molar-refractivity contribution in [2.24, 2.45) is 0 Å². The lowest BCUT2D eigenvalue weighted by molar-refractivity contribution is -0.131. The van der Waals surface area contributed by atoms with Crippen molar-refractivity contribution in [2.45, 2.75) is 32.3 Å². The number of benzene rings is 1. The Morgan fingerprint density at radius 3 is 2.68 bits per heavy atom. The first-order valence-electron chi connectivity index (χ1n) is 6.81. The molecule has 0 atom stereocenters. The van der Waals surface area contributed by atoms with Crippen LogP contribution in [0.4, 0.5) is 0 Å². The fourth-order valence-corrected chi connectivity index (χ4v) is 2.40. The molecular formula is C15H21NO3. The maximum Gasteiger partial charge on any atom is 0.219 e. The predicted molar refractivity (Wildman–Crippen MR) is 73.0 cm³/mol. The lowest BCUT2D eigenvalue weighted by atomic mass is 10.1. The van der Waals surface area contributed by atoms with Gasteiger partial charge in [-0.15, -0.1) is 0 Å². The van der Waals surface area contributed by atoms with Crippen LogP contribution in [-0.2, 0) is 16.0 Å². The van der Waals surface area contributed by atoms with Crippen molar-refractivity contribution in [1.82, 2.24) is 4.90 Å². The fraction of sp³-hybridized carbons (Fsp3) is 0.533. The number of likely N-dealkylation sites (tertiary alicyclic amines) is 1. The SMILES string of the molecule is CC(=O)N1CCC(OCCc2ccccc2O)CC1. The number of para-hydroxylation sites is 1. The highest BCUT2D eigenvalue weighted by Gasteiger charge is 2.20. The molecule has 1 aliphatic heterocycles. The summed E-state index contributed by atoms with van der Waals surface area (Å²) in [6.07, 6.45) is 2.77. The third-order valence-corrected chi connectivity index (χ3v) is 3.60. The Bertz CT molecular complexity index is 425. The second kappa shape index (κ2) is 6.57. The number of aromatic hydroxyl groups is 1. The van der Waals surface area contributed by atoms with Gasteiger partial charge in [0.15, 0.2) is 0 Å². The van der Waals surface area contributed by atoms with E-state index in [1.54, 1.807) is 13.0 Å². The molecule has 1 aromatic carbocycles. The van der Waals surface area contributed by atoms with E-state index in [1.807, 2.05) is 23.1 Å². The Kier molecular flexibility index (Phi) is 4.80. The molecule has 0 saturated carbocycles. The van der Waals surface area contributed by atoms with Crippen molar-refractivity contribution in [3.8, 4) is 5.75 Å². The first-order chi connectivity index (χ1) is 9.16. The minimum absolute atomic E-state index is 0.146. The number of nitrogens with zero attached hydrogens (tertiary/aromatic N) is 1. The third kappa shape index (κ3) is 3.96. The molecule has 1 N–H and O–H groups in total. The van der Waals surface area contributed by atoms with E-state index >= 15 is 0 Å². The van der Waals surface area contributed by atoms with E-state index in [0.717, 1.165) is 37.9 Å². The van der Waals surface area contributed by atoms with E-state index in [2.05, 4.69) is 0 Å². The van der Waals surface area contributed by atoms with Crippen LogP contribution in [0.5, 0.6) is 5.75 Å². The summed E-state index contributed by atoms with van der Waals surface area (Å²) in [5.41, 5.74) is 0.920. The molecule has 0 aromatic heterocycles. The van der Waals surface area contributed by atoms with Crippen molar-refractivity contribution < 1.29 is 14.6 Å². The highest BCUT2D eigenvalue weighted by atomic mass is 16.5. The molecule has 1 saturated heterocycles. The van der Waals surface area contributed by atoms with E-state index in [1.165, 1.54) is 0 Å². The van der Waals surface area contributed by atoms with Gasteiger partial charge < -0.3 is 14.7 Å². The van der Waals surface area contributed by atoms with Gasteiger partial charge in [-0.25, -0.2) is 0 Å². The lowest BCUT2D eigenvalue weighted by Crippen LogP contribution is -2.39. The van der Waals surface area contributed by atoms with E-state index in [9.17, 15) is 9.90 Å². The Morgan fingerprint density at radius 2 is 2.05 bits per heavy atom. The van der Waals surface area contributed by atoms with E-state index in [4.69, 9.17) is 4.74 Å². The zero-order valence-corrected chi connectivity index (χ0v) is 11.3. The fourth-order valence-electron chi connectivity index (χ4n) is 2.40. The maximum atomic E-state index is 11.2. The Labute approximate surface area is 114 Å². The summed E-state index contributed by atoms with van der Waals surface area (Å²) in [5.74, 6) is 0.477. The van der Waals surface area contributed by atoms with Gasteiger partial charge in [-0.3, -0.25) is 4.79 Å². The van der Waals surface area contributed by atoms with Gasteiger partial charge in [0.05, 0.1) is 12.7 Å². The summed E-state index contributed by atoms with van der Waals surface area (Å²) in [6.45, 7) is 3.80. The molecule has 0 radical (unpaired) electrons. The minimum atomic E-state index is 0.146. The van der Waals surface area contributed by atoms with Gasteiger partial charge >= 0.3 is 0 Å². The van der Waals surface area contributed by atoms with Crippen LogP contribution >= 0.6 is 0 Å². The first kappa shape index (κ1) is 13.9. The van der Waals surface area contributed by atoms with Crippen LogP contribution in [0, 0.1) is 0 Å². The van der Waals surface area contributed by atoms with Crippen molar-refractivity contribution in [1.29, 1.82) is 0 Å². The summed E-state index contributed by atoms with van der Waals surface area (Å²) in [6, 6.07) is 7.34. The van der Waals surface area contributed by atoms with E-state index < -0.39 is 0 Å². The van der Waals surface area contributed by atoms with E-state index in [0.29, 0.717) is 12.4 Å². The Morgan fingerprint density at radius 1 is 1.37 bits per heavy atom. The van der Waals surface area contributed by atoms with Gasteiger partial charge in [0.25, 0.3) is 0 Å². The van der Waals surface area contributed by atoms with Gasteiger partial charge in [0.1, 0.15) is 5.75 Å². The predicted octanol–water partition coefficient (Wildman–Crippen LogP) is 1.96. The standard InChI is InChI=1S/C15H21NO3/c1-12(17)16-9-6-14(7-10-16)19-11-8-13-4-2-3-5-15(13)18/h2-5,14,18H,6-11H2,1H3. The molecule has 1 heterocycles. The number of ether oxygens (including phenoxy) is 1. The molecule has 19 heavy (non-hydrogen) atoms. The van der Waals surface area contributed by atoms with Gasteiger partial charge in [0, 0.05) is 20.0 Å². The molecule has 1 amide bonds. The normalized spacial score (nSPS) is 16.6. The molecule has 1 aliphatic rings. The van der Waals surface area contributed by atoms with Crippen LogP contribution in [0.1, 0.15) is 25.3 Å². The van der Waals surface area contributed by atoms with Crippen LogP contribution in [-0.4, -0.2) is 41.7 Å². The monoisotopic (exact) mass is 263 g/mol. The molecule has 4 heteroatoms. The lowest BCUT2D eigenvalue weighted by Gasteiger charge is -2.31. The molecule has 1 aromatic rings. The number of amides is 1. The maximum absolute atomic E-state index is 11.2. The van der Waals surface area contributed by atoms with Crippen molar-refractivity contribution in [2.75, 3.05) is 19.7 Å². The zero-order valence-electron chi connectivity index (χ0n) is 11.3. The number of rotatable bonds is 4. The molecule has 2 rings (SSSR count). The summed E-state index contributed by atoms with van der Waals surface area (Å²) in [7, 11) is 0. The van der Waals surface area contributed by atoms with Crippen molar-refractivity contribution in [3.05, 3.63) is 29.8 Å². The number of piperidine rings is 1. The summed E-state index contributed by atoms with van der Waals surface area (Å²) >= 11 is 0. The molecule has 0 spiro atoms. The Balaban J connectivity index is 1.70. The largest absolute Gasteiger partial charge is 0.508 e. The van der Waals surface area contributed by atoms with Crippen LogP contribution in [0.15, 0.2) is 24.3 Å². The second-order valence-electron chi connectivity index (χ2n) is 4.95. The summed E-state index contributed by atoms with van der Waals surface area (Å²) < 4.78 is 5.82. The quantitative estimate of drug-likeness (QED) is 0.903.